The second kappa shape index (κ2) is 9.84. The molecule has 0 bridgehead atoms. The molecule has 0 saturated carbocycles. The summed E-state index contributed by atoms with van der Waals surface area (Å²) in [7, 11) is 0. The minimum atomic E-state index is 0.0288. The normalized spacial score (nSPS) is 15.8. The zero-order chi connectivity index (χ0) is 22.7. The lowest BCUT2D eigenvalue weighted by molar-refractivity contribution is 0.0548. The van der Waals surface area contributed by atoms with Gasteiger partial charge in [-0.3, -0.25) is 19.1 Å². The van der Waals surface area contributed by atoms with E-state index in [9.17, 15) is 9.59 Å². The highest BCUT2D eigenvalue weighted by atomic mass is 35.5. The quantitative estimate of drug-likeness (QED) is 0.557. The molecule has 3 aromatic rings. The van der Waals surface area contributed by atoms with E-state index in [1.54, 1.807) is 24.3 Å². The van der Waals surface area contributed by atoms with Crippen LogP contribution >= 0.6 is 11.6 Å². The van der Waals surface area contributed by atoms with Gasteiger partial charge in [0.05, 0.1) is 16.9 Å². The van der Waals surface area contributed by atoms with Crippen LogP contribution in [0.25, 0.3) is 10.9 Å². The van der Waals surface area contributed by atoms with Crippen LogP contribution < -0.4 is 5.56 Å². The standard InChI is InChI=1S/C25H29ClN4O2/c1-3-13-30-23(27-21-8-6-5-7-20(21)25(30)32)22(4-2)28-14-16-29(17-15-28)24(31)18-9-11-19(26)12-10-18/h5-12,22H,3-4,13-17H2,1-2H3. The number of carbonyl (C=O) groups excluding carboxylic acids is 1. The van der Waals surface area contributed by atoms with Crippen LogP contribution in [0, 0.1) is 0 Å². The van der Waals surface area contributed by atoms with Gasteiger partial charge in [-0.15, -0.1) is 0 Å². The number of aromatic nitrogens is 2. The molecule has 4 rings (SSSR count). The third-order valence-electron chi connectivity index (χ3n) is 6.16. The smallest absolute Gasteiger partial charge is 0.261 e. The molecule has 7 heteroatoms. The lowest BCUT2D eigenvalue weighted by atomic mass is 10.1. The predicted molar refractivity (Wildman–Crippen MR) is 128 cm³/mol. The van der Waals surface area contributed by atoms with Gasteiger partial charge in [-0.2, -0.15) is 0 Å². The van der Waals surface area contributed by atoms with Crippen molar-refractivity contribution in [3.63, 3.8) is 0 Å². The van der Waals surface area contributed by atoms with E-state index in [2.05, 4.69) is 18.7 Å². The van der Waals surface area contributed by atoms with E-state index in [1.807, 2.05) is 33.7 Å². The third-order valence-corrected chi connectivity index (χ3v) is 6.41. The highest BCUT2D eigenvalue weighted by Crippen LogP contribution is 2.25. The van der Waals surface area contributed by atoms with Crippen molar-refractivity contribution in [3.8, 4) is 0 Å². The topological polar surface area (TPSA) is 58.4 Å². The van der Waals surface area contributed by atoms with Crippen molar-refractivity contribution in [2.75, 3.05) is 26.2 Å². The number of piperazine rings is 1. The number of hydrogen-bond donors (Lipinski definition) is 0. The van der Waals surface area contributed by atoms with Gasteiger partial charge in [-0.1, -0.05) is 37.6 Å². The first-order valence-electron chi connectivity index (χ1n) is 11.3. The molecular weight excluding hydrogens is 424 g/mol. The van der Waals surface area contributed by atoms with Gasteiger partial charge in [0.2, 0.25) is 0 Å². The Hall–Kier alpha value is -2.70. The predicted octanol–water partition coefficient (Wildman–Crippen LogP) is 4.37. The van der Waals surface area contributed by atoms with Crippen LogP contribution in [-0.4, -0.2) is 51.4 Å². The Labute approximate surface area is 193 Å². The second-order valence-electron chi connectivity index (χ2n) is 8.20. The van der Waals surface area contributed by atoms with Crippen LogP contribution in [0.1, 0.15) is 48.9 Å². The molecule has 2 heterocycles. The van der Waals surface area contributed by atoms with E-state index in [0.717, 1.165) is 37.3 Å². The van der Waals surface area contributed by atoms with Crippen LogP contribution in [0.15, 0.2) is 53.3 Å². The monoisotopic (exact) mass is 452 g/mol. The number of fused-ring (bicyclic) bond motifs is 1. The maximum atomic E-state index is 13.2. The highest BCUT2D eigenvalue weighted by Gasteiger charge is 2.29. The molecule has 1 aliphatic heterocycles. The molecule has 0 N–H and O–H groups in total. The Bertz CT molecular complexity index is 1150. The van der Waals surface area contributed by atoms with Gasteiger partial charge in [0, 0.05) is 43.3 Å². The summed E-state index contributed by atoms with van der Waals surface area (Å²) in [6.45, 7) is 7.63. The van der Waals surface area contributed by atoms with Crippen LogP contribution in [0.3, 0.4) is 0 Å². The molecule has 1 fully saturated rings. The lowest BCUT2D eigenvalue weighted by Crippen LogP contribution is -2.50. The first kappa shape index (κ1) is 22.5. The minimum Gasteiger partial charge on any atom is -0.336 e. The number of amides is 1. The van der Waals surface area contributed by atoms with Gasteiger partial charge >= 0.3 is 0 Å². The minimum absolute atomic E-state index is 0.0288. The Morgan fingerprint density at radius 1 is 1.03 bits per heavy atom. The van der Waals surface area contributed by atoms with Gasteiger partial charge in [0.1, 0.15) is 5.82 Å². The van der Waals surface area contributed by atoms with E-state index in [-0.39, 0.29) is 17.5 Å². The molecular formula is C25H29ClN4O2. The van der Waals surface area contributed by atoms with Crippen molar-refractivity contribution in [1.82, 2.24) is 19.4 Å². The highest BCUT2D eigenvalue weighted by molar-refractivity contribution is 6.30. The molecule has 1 saturated heterocycles. The Morgan fingerprint density at radius 3 is 2.38 bits per heavy atom. The molecule has 2 aromatic carbocycles. The number of benzene rings is 2. The van der Waals surface area contributed by atoms with Crippen molar-refractivity contribution in [2.45, 2.75) is 39.3 Å². The van der Waals surface area contributed by atoms with Crippen LogP contribution in [-0.2, 0) is 6.54 Å². The van der Waals surface area contributed by atoms with Crippen LogP contribution in [0.4, 0.5) is 0 Å². The van der Waals surface area contributed by atoms with Gasteiger partial charge < -0.3 is 4.90 Å². The van der Waals surface area contributed by atoms with Crippen LogP contribution in [0.2, 0.25) is 5.02 Å². The van der Waals surface area contributed by atoms with E-state index in [1.165, 1.54) is 0 Å². The summed E-state index contributed by atoms with van der Waals surface area (Å²) in [4.78, 5) is 35.3. The molecule has 0 radical (unpaired) electrons. The first-order valence-corrected chi connectivity index (χ1v) is 11.7. The molecule has 1 amide bonds. The number of para-hydroxylation sites is 1. The zero-order valence-electron chi connectivity index (χ0n) is 18.6. The average Bonchev–Trinajstić information content (AvgIpc) is 2.82. The lowest BCUT2D eigenvalue weighted by Gasteiger charge is -2.39. The maximum absolute atomic E-state index is 13.2. The van der Waals surface area contributed by atoms with Gasteiger partial charge in [0.15, 0.2) is 0 Å². The number of carbonyl (C=O) groups is 1. The molecule has 0 aliphatic carbocycles. The molecule has 6 nitrogen and oxygen atoms in total. The summed E-state index contributed by atoms with van der Waals surface area (Å²) in [5.74, 6) is 0.858. The molecule has 1 aliphatic rings. The molecule has 32 heavy (non-hydrogen) atoms. The molecule has 0 spiro atoms. The summed E-state index contributed by atoms with van der Waals surface area (Å²) in [5.41, 5.74) is 1.43. The summed E-state index contributed by atoms with van der Waals surface area (Å²) in [6, 6.07) is 14.6. The number of nitrogens with zero attached hydrogens (tertiary/aromatic N) is 4. The zero-order valence-corrected chi connectivity index (χ0v) is 19.4. The van der Waals surface area contributed by atoms with E-state index in [4.69, 9.17) is 16.6 Å². The number of rotatable bonds is 6. The summed E-state index contributed by atoms with van der Waals surface area (Å²) < 4.78 is 1.85. The molecule has 1 atom stereocenters. The summed E-state index contributed by atoms with van der Waals surface area (Å²) in [6.07, 6.45) is 1.71. The Morgan fingerprint density at radius 2 is 1.72 bits per heavy atom. The fraction of sp³-hybridized carbons (Fsp3) is 0.400. The molecule has 1 aromatic heterocycles. The van der Waals surface area contributed by atoms with Gasteiger partial charge in [0.25, 0.3) is 11.5 Å². The molecule has 168 valence electrons. The summed E-state index contributed by atoms with van der Waals surface area (Å²) >= 11 is 5.95. The third kappa shape index (κ3) is 4.43. The van der Waals surface area contributed by atoms with Crippen LogP contribution in [0.5, 0.6) is 0 Å². The molecule has 1 unspecified atom stereocenters. The Balaban J connectivity index is 1.57. The van der Waals surface area contributed by atoms with E-state index < -0.39 is 0 Å². The fourth-order valence-electron chi connectivity index (χ4n) is 4.50. The van der Waals surface area contributed by atoms with Crippen molar-refractivity contribution in [1.29, 1.82) is 0 Å². The van der Waals surface area contributed by atoms with Crippen molar-refractivity contribution in [2.24, 2.45) is 0 Å². The van der Waals surface area contributed by atoms with Crippen molar-refractivity contribution >= 4 is 28.4 Å². The number of hydrogen-bond acceptors (Lipinski definition) is 4. The van der Waals surface area contributed by atoms with Crippen molar-refractivity contribution < 1.29 is 4.79 Å². The first-order chi connectivity index (χ1) is 15.5. The SMILES string of the molecule is CCCn1c(C(CC)N2CCN(C(=O)c3ccc(Cl)cc3)CC2)nc2ccccc2c1=O. The maximum Gasteiger partial charge on any atom is 0.261 e. The van der Waals surface area contributed by atoms with E-state index in [0.29, 0.717) is 35.6 Å². The fourth-order valence-corrected chi connectivity index (χ4v) is 4.62. The average molecular weight is 453 g/mol. The number of halogens is 1. The van der Waals surface area contributed by atoms with Gasteiger partial charge in [-0.05, 0) is 49.2 Å². The van der Waals surface area contributed by atoms with Crippen molar-refractivity contribution in [3.05, 3.63) is 75.3 Å². The summed E-state index contributed by atoms with van der Waals surface area (Å²) in [5, 5.41) is 1.29. The largest absolute Gasteiger partial charge is 0.336 e. The van der Waals surface area contributed by atoms with E-state index >= 15 is 0 Å². The second-order valence-corrected chi connectivity index (χ2v) is 8.64. The van der Waals surface area contributed by atoms with Gasteiger partial charge in [-0.25, -0.2) is 4.98 Å². The Kier molecular flexibility index (Phi) is 6.92.